The van der Waals surface area contributed by atoms with Gasteiger partial charge in [0, 0.05) is 18.9 Å². The minimum absolute atomic E-state index is 0.572. The van der Waals surface area contributed by atoms with E-state index in [-0.39, 0.29) is 0 Å². The van der Waals surface area contributed by atoms with Crippen molar-refractivity contribution in [3.05, 3.63) is 48.5 Å². The molecule has 1 N–H and O–H groups in total. The van der Waals surface area contributed by atoms with E-state index in [1.54, 1.807) is 6.20 Å². The fourth-order valence-electron chi connectivity index (χ4n) is 3.84. The number of carbonyl (C=O) groups is 1. The highest BCUT2D eigenvalue weighted by Crippen LogP contribution is 2.31. The molecule has 1 saturated carbocycles. The van der Waals surface area contributed by atoms with Crippen molar-refractivity contribution in [2.75, 3.05) is 19.7 Å². The zero-order valence-electron chi connectivity index (χ0n) is 15.5. The number of nitrogens with zero attached hydrogens (tertiary/aromatic N) is 3. The van der Waals surface area contributed by atoms with E-state index in [0.29, 0.717) is 11.8 Å². The molecule has 144 valence electrons. The van der Waals surface area contributed by atoms with Gasteiger partial charge in [0.15, 0.2) is 0 Å². The first-order chi connectivity index (χ1) is 13.2. The minimum atomic E-state index is -0.783. The molecule has 0 radical (unpaired) electrons. The van der Waals surface area contributed by atoms with Crippen LogP contribution in [0.15, 0.2) is 43.0 Å². The standard InChI is InChI=1S/C21H27N3O3/c25-21(26)20(18-3-5-19(6-4-18)27-14-17-1-2-17)24-10-7-16(8-11-24)13-23-12-9-22-15-23/h3-6,9,12,15-17,20H,1-2,7-8,10-11,13-14H2,(H,25,26)/t20-/m1/s1. The van der Waals surface area contributed by atoms with Crippen molar-refractivity contribution in [1.82, 2.24) is 14.5 Å². The Balaban J connectivity index is 1.35. The molecule has 4 rings (SSSR count). The molecule has 6 nitrogen and oxygen atoms in total. The summed E-state index contributed by atoms with van der Waals surface area (Å²) < 4.78 is 7.87. The summed E-state index contributed by atoms with van der Waals surface area (Å²) in [5.41, 5.74) is 0.828. The average molecular weight is 369 g/mol. The Morgan fingerprint density at radius 2 is 1.89 bits per heavy atom. The zero-order valence-corrected chi connectivity index (χ0v) is 15.5. The van der Waals surface area contributed by atoms with Crippen LogP contribution in [0.2, 0.25) is 0 Å². The molecular weight excluding hydrogens is 342 g/mol. The maximum atomic E-state index is 12.0. The smallest absolute Gasteiger partial charge is 0.325 e. The van der Waals surface area contributed by atoms with E-state index in [1.165, 1.54) is 12.8 Å². The van der Waals surface area contributed by atoms with Crippen LogP contribution >= 0.6 is 0 Å². The van der Waals surface area contributed by atoms with E-state index in [2.05, 4.69) is 14.5 Å². The second-order valence-corrected chi connectivity index (χ2v) is 7.80. The number of rotatable bonds is 8. The lowest BCUT2D eigenvalue weighted by Crippen LogP contribution is -2.40. The highest BCUT2D eigenvalue weighted by Gasteiger charge is 2.31. The van der Waals surface area contributed by atoms with Crippen LogP contribution in [-0.2, 0) is 11.3 Å². The molecule has 1 aliphatic carbocycles. The Kier molecular flexibility index (Phi) is 5.43. The summed E-state index contributed by atoms with van der Waals surface area (Å²) in [6.45, 7) is 3.33. The summed E-state index contributed by atoms with van der Waals surface area (Å²) in [7, 11) is 0. The summed E-state index contributed by atoms with van der Waals surface area (Å²) in [4.78, 5) is 18.1. The number of piperidine rings is 1. The fraction of sp³-hybridized carbons (Fsp3) is 0.524. The molecule has 2 aromatic rings. The Bertz CT molecular complexity index is 733. The van der Waals surface area contributed by atoms with Gasteiger partial charge in [-0.05, 0) is 68.3 Å². The number of imidazole rings is 1. The predicted molar refractivity (Wildman–Crippen MR) is 102 cm³/mol. The van der Waals surface area contributed by atoms with Gasteiger partial charge in [-0.1, -0.05) is 12.1 Å². The van der Waals surface area contributed by atoms with E-state index >= 15 is 0 Å². The number of hydrogen-bond acceptors (Lipinski definition) is 4. The first kappa shape index (κ1) is 18.0. The van der Waals surface area contributed by atoms with Crippen molar-refractivity contribution < 1.29 is 14.6 Å². The van der Waals surface area contributed by atoms with Crippen molar-refractivity contribution in [2.24, 2.45) is 11.8 Å². The van der Waals surface area contributed by atoms with Crippen LogP contribution < -0.4 is 4.74 Å². The first-order valence-corrected chi connectivity index (χ1v) is 9.84. The highest BCUT2D eigenvalue weighted by atomic mass is 16.5. The van der Waals surface area contributed by atoms with Crippen molar-refractivity contribution >= 4 is 5.97 Å². The van der Waals surface area contributed by atoms with Crippen LogP contribution in [0.5, 0.6) is 5.75 Å². The van der Waals surface area contributed by atoms with Gasteiger partial charge in [-0.2, -0.15) is 0 Å². The normalized spacial score (nSPS) is 19.7. The van der Waals surface area contributed by atoms with Gasteiger partial charge < -0.3 is 14.4 Å². The number of aromatic nitrogens is 2. The Morgan fingerprint density at radius 1 is 1.15 bits per heavy atom. The minimum Gasteiger partial charge on any atom is -0.493 e. The average Bonchev–Trinajstić information content (AvgIpc) is 3.37. The summed E-state index contributed by atoms with van der Waals surface area (Å²) in [6, 6.07) is 7.02. The summed E-state index contributed by atoms with van der Waals surface area (Å²) >= 11 is 0. The number of likely N-dealkylation sites (tertiary alicyclic amines) is 1. The number of benzene rings is 1. The van der Waals surface area contributed by atoms with Crippen molar-refractivity contribution in [2.45, 2.75) is 38.3 Å². The molecule has 0 unspecified atom stereocenters. The van der Waals surface area contributed by atoms with Gasteiger partial charge >= 0.3 is 5.97 Å². The molecule has 2 fully saturated rings. The third-order valence-electron chi connectivity index (χ3n) is 5.65. The van der Waals surface area contributed by atoms with Crippen LogP contribution in [0, 0.1) is 11.8 Å². The second-order valence-electron chi connectivity index (χ2n) is 7.80. The summed E-state index contributed by atoms with van der Waals surface area (Å²) in [5, 5.41) is 9.82. The van der Waals surface area contributed by atoms with E-state index < -0.39 is 12.0 Å². The van der Waals surface area contributed by atoms with Crippen LogP contribution in [-0.4, -0.2) is 45.2 Å². The molecule has 0 spiro atoms. The van der Waals surface area contributed by atoms with Crippen LogP contribution in [0.1, 0.15) is 37.3 Å². The molecule has 0 amide bonds. The number of carboxylic acids is 1. The summed E-state index contributed by atoms with van der Waals surface area (Å²) in [6.07, 6.45) is 10.2. The van der Waals surface area contributed by atoms with Crippen LogP contribution in [0.25, 0.3) is 0 Å². The van der Waals surface area contributed by atoms with E-state index in [0.717, 1.165) is 50.4 Å². The maximum Gasteiger partial charge on any atom is 0.325 e. The predicted octanol–water partition coefficient (Wildman–Crippen LogP) is 3.21. The quantitative estimate of drug-likeness (QED) is 0.774. The topological polar surface area (TPSA) is 67.6 Å². The third-order valence-corrected chi connectivity index (χ3v) is 5.65. The Labute approximate surface area is 159 Å². The second kappa shape index (κ2) is 8.13. The number of carboxylic acid groups (broad SMARTS) is 1. The zero-order chi connectivity index (χ0) is 18.6. The summed E-state index contributed by atoms with van der Waals surface area (Å²) in [5.74, 6) is 1.33. The number of ether oxygens (including phenoxy) is 1. The largest absolute Gasteiger partial charge is 0.493 e. The monoisotopic (exact) mass is 369 g/mol. The van der Waals surface area contributed by atoms with E-state index in [1.807, 2.05) is 36.8 Å². The lowest BCUT2D eigenvalue weighted by Gasteiger charge is -2.36. The van der Waals surface area contributed by atoms with Crippen LogP contribution in [0.3, 0.4) is 0 Å². The SMILES string of the molecule is O=C(O)[C@@H](c1ccc(OCC2CC2)cc1)N1CCC(Cn2ccnc2)CC1. The molecule has 0 bridgehead atoms. The Hall–Kier alpha value is -2.34. The Morgan fingerprint density at radius 3 is 2.48 bits per heavy atom. The maximum absolute atomic E-state index is 12.0. The lowest BCUT2D eigenvalue weighted by atomic mass is 9.94. The van der Waals surface area contributed by atoms with Crippen LogP contribution in [0.4, 0.5) is 0 Å². The molecule has 1 aromatic carbocycles. The van der Waals surface area contributed by atoms with Gasteiger partial charge in [-0.25, -0.2) is 4.98 Å². The fourth-order valence-corrected chi connectivity index (χ4v) is 3.84. The molecule has 6 heteroatoms. The molecule has 2 aliphatic rings. The highest BCUT2D eigenvalue weighted by molar-refractivity contribution is 5.75. The van der Waals surface area contributed by atoms with Crippen molar-refractivity contribution in [3.8, 4) is 5.75 Å². The number of aliphatic carboxylic acids is 1. The van der Waals surface area contributed by atoms with Crippen molar-refractivity contribution in [1.29, 1.82) is 0 Å². The van der Waals surface area contributed by atoms with Gasteiger partial charge in [-0.3, -0.25) is 9.69 Å². The third kappa shape index (κ3) is 4.69. The van der Waals surface area contributed by atoms with Crippen molar-refractivity contribution in [3.63, 3.8) is 0 Å². The van der Waals surface area contributed by atoms with Gasteiger partial charge in [0.1, 0.15) is 11.8 Å². The first-order valence-electron chi connectivity index (χ1n) is 9.84. The molecule has 1 aromatic heterocycles. The molecule has 1 saturated heterocycles. The van der Waals surface area contributed by atoms with E-state index in [9.17, 15) is 9.90 Å². The number of hydrogen-bond donors (Lipinski definition) is 1. The molecule has 1 aliphatic heterocycles. The molecule has 2 heterocycles. The van der Waals surface area contributed by atoms with Gasteiger partial charge in [-0.15, -0.1) is 0 Å². The van der Waals surface area contributed by atoms with Gasteiger partial charge in [0.05, 0.1) is 12.9 Å². The molecule has 27 heavy (non-hydrogen) atoms. The molecule has 1 atom stereocenters. The molecular formula is C21H27N3O3. The van der Waals surface area contributed by atoms with E-state index in [4.69, 9.17) is 4.74 Å². The van der Waals surface area contributed by atoms with Gasteiger partial charge in [0.2, 0.25) is 0 Å². The lowest BCUT2D eigenvalue weighted by molar-refractivity contribution is -0.144. The van der Waals surface area contributed by atoms with Gasteiger partial charge in [0.25, 0.3) is 0 Å².